The molecule has 1 aromatic rings. The number of hydrogen-bond acceptors (Lipinski definition) is 6. The highest BCUT2D eigenvalue weighted by Gasteiger charge is 2.29. The number of carbonyl (C=O) groups is 2. The minimum atomic E-state index is -0.855. The summed E-state index contributed by atoms with van der Waals surface area (Å²) in [6.45, 7) is 2.16. The Morgan fingerprint density at radius 2 is 1.97 bits per heavy atom. The van der Waals surface area contributed by atoms with Crippen LogP contribution in [0.5, 0.6) is 11.5 Å². The first-order chi connectivity index (χ1) is 14.0. The Labute approximate surface area is 173 Å². The molecule has 1 aliphatic rings. The molecule has 0 spiro atoms. The summed E-state index contributed by atoms with van der Waals surface area (Å²) in [5.74, 6) is -0.242. The summed E-state index contributed by atoms with van der Waals surface area (Å²) in [6, 6.07) is 3.16. The molecule has 6 nitrogen and oxygen atoms in total. The van der Waals surface area contributed by atoms with Gasteiger partial charge in [0.25, 0.3) is 0 Å². The van der Waals surface area contributed by atoms with Gasteiger partial charge in [-0.05, 0) is 37.3 Å². The van der Waals surface area contributed by atoms with Gasteiger partial charge in [-0.1, -0.05) is 39.0 Å². The maximum absolute atomic E-state index is 12.2. The van der Waals surface area contributed by atoms with Crippen molar-refractivity contribution in [1.29, 1.82) is 0 Å². The second-order valence-electron chi connectivity index (χ2n) is 7.84. The van der Waals surface area contributed by atoms with Gasteiger partial charge in [0.2, 0.25) is 0 Å². The van der Waals surface area contributed by atoms with Crippen molar-refractivity contribution in [2.75, 3.05) is 7.11 Å². The van der Waals surface area contributed by atoms with Gasteiger partial charge < -0.3 is 19.7 Å². The SMILES string of the molecule is CCCCCCCC(O)C(=O)CCCCC1Cc2cc(OC)cc(O)c2C(=O)O1. The summed E-state index contributed by atoms with van der Waals surface area (Å²) in [7, 11) is 1.51. The monoisotopic (exact) mass is 406 g/mol. The van der Waals surface area contributed by atoms with E-state index in [-0.39, 0.29) is 23.2 Å². The fourth-order valence-electron chi connectivity index (χ4n) is 3.77. The van der Waals surface area contributed by atoms with E-state index in [4.69, 9.17) is 9.47 Å². The Kier molecular flexibility index (Phi) is 9.45. The molecule has 2 unspecified atom stereocenters. The van der Waals surface area contributed by atoms with Crippen molar-refractivity contribution in [3.05, 3.63) is 23.3 Å². The number of hydrogen-bond donors (Lipinski definition) is 2. The lowest BCUT2D eigenvalue weighted by atomic mass is 9.94. The van der Waals surface area contributed by atoms with Crippen LogP contribution in [0.3, 0.4) is 0 Å². The molecule has 2 rings (SSSR count). The van der Waals surface area contributed by atoms with Gasteiger partial charge in [-0.3, -0.25) is 4.79 Å². The second-order valence-corrected chi connectivity index (χ2v) is 7.84. The number of ether oxygens (including phenoxy) is 2. The highest BCUT2D eigenvalue weighted by atomic mass is 16.5. The first kappa shape index (κ1) is 23.2. The van der Waals surface area contributed by atoms with Gasteiger partial charge in [0.1, 0.15) is 29.3 Å². The Balaban J connectivity index is 1.71. The van der Waals surface area contributed by atoms with Crippen LogP contribution in [-0.4, -0.2) is 41.3 Å². The van der Waals surface area contributed by atoms with Gasteiger partial charge >= 0.3 is 5.97 Å². The maximum Gasteiger partial charge on any atom is 0.342 e. The van der Waals surface area contributed by atoms with Crippen molar-refractivity contribution in [1.82, 2.24) is 0 Å². The van der Waals surface area contributed by atoms with Crippen LogP contribution in [-0.2, 0) is 16.0 Å². The Morgan fingerprint density at radius 1 is 1.21 bits per heavy atom. The molecule has 0 saturated heterocycles. The number of phenols is 1. The van der Waals surface area contributed by atoms with Crippen LogP contribution in [0, 0.1) is 0 Å². The third-order valence-corrected chi connectivity index (χ3v) is 5.49. The van der Waals surface area contributed by atoms with Crippen LogP contribution >= 0.6 is 0 Å². The zero-order valence-electron chi connectivity index (χ0n) is 17.6. The van der Waals surface area contributed by atoms with Crippen LogP contribution in [0.1, 0.15) is 87.1 Å². The number of methoxy groups -OCH3 is 1. The molecule has 0 bridgehead atoms. The fraction of sp³-hybridized carbons (Fsp3) is 0.652. The topological polar surface area (TPSA) is 93.1 Å². The molecule has 1 aromatic carbocycles. The van der Waals surface area contributed by atoms with E-state index in [0.29, 0.717) is 37.9 Å². The molecule has 29 heavy (non-hydrogen) atoms. The van der Waals surface area contributed by atoms with Crippen LogP contribution in [0.15, 0.2) is 12.1 Å². The van der Waals surface area contributed by atoms with Crippen molar-refractivity contribution in [2.24, 2.45) is 0 Å². The second kappa shape index (κ2) is 11.8. The number of benzene rings is 1. The van der Waals surface area contributed by atoms with Gasteiger partial charge in [0.05, 0.1) is 7.11 Å². The molecule has 0 aliphatic carbocycles. The zero-order chi connectivity index (χ0) is 21.2. The van der Waals surface area contributed by atoms with Gasteiger partial charge in [0, 0.05) is 18.9 Å². The Bertz CT molecular complexity index is 684. The first-order valence-corrected chi connectivity index (χ1v) is 10.8. The van der Waals surface area contributed by atoms with E-state index in [1.165, 1.54) is 26.0 Å². The number of aliphatic hydroxyl groups is 1. The molecule has 0 saturated carbocycles. The molecule has 1 aliphatic heterocycles. The maximum atomic E-state index is 12.2. The largest absolute Gasteiger partial charge is 0.507 e. The van der Waals surface area contributed by atoms with E-state index in [0.717, 1.165) is 31.2 Å². The number of aromatic hydroxyl groups is 1. The number of ketones is 1. The van der Waals surface area contributed by atoms with E-state index >= 15 is 0 Å². The highest BCUT2D eigenvalue weighted by molar-refractivity contribution is 5.95. The smallest absolute Gasteiger partial charge is 0.342 e. The average Bonchev–Trinajstić information content (AvgIpc) is 2.70. The van der Waals surface area contributed by atoms with Crippen LogP contribution < -0.4 is 4.74 Å². The molecule has 2 N–H and O–H groups in total. The van der Waals surface area contributed by atoms with Gasteiger partial charge in [-0.15, -0.1) is 0 Å². The standard InChI is InChI=1S/C23H34O6/c1-3-4-5-6-7-11-19(24)20(25)12-9-8-10-17-13-16-14-18(28-2)15-21(26)22(16)23(27)29-17/h14-15,17,19,24,26H,3-13H2,1-2H3. The summed E-state index contributed by atoms with van der Waals surface area (Å²) in [5.41, 5.74) is 0.928. The minimum Gasteiger partial charge on any atom is -0.507 e. The van der Waals surface area contributed by atoms with E-state index < -0.39 is 12.1 Å². The molecule has 162 valence electrons. The molecular formula is C23H34O6. The number of carbonyl (C=O) groups excluding carboxylic acids is 2. The number of rotatable bonds is 13. The van der Waals surface area contributed by atoms with E-state index in [2.05, 4.69) is 6.92 Å². The minimum absolute atomic E-state index is 0.0962. The molecule has 0 aromatic heterocycles. The summed E-state index contributed by atoms with van der Waals surface area (Å²) >= 11 is 0. The lowest BCUT2D eigenvalue weighted by Gasteiger charge is -2.25. The van der Waals surface area contributed by atoms with Crippen molar-refractivity contribution in [2.45, 2.75) is 89.8 Å². The Hall–Kier alpha value is -2.08. The number of esters is 1. The van der Waals surface area contributed by atoms with Crippen molar-refractivity contribution in [3.8, 4) is 11.5 Å². The predicted octanol–water partition coefficient (Wildman–Crippen LogP) is 4.33. The van der Waals surface area contributed by atoms with Crippen LogP contribution in [0.2, 0.25) is 0 Å². The molecule has 0 fully saturated rings. The van der Waals surface area contributed by atoms with Gasteiger partial charge in [-0.2, -0.15) is 0 Å². The van der Waals surface area contributed by atoms with E-state index in [1.54, 1.807) is 6.07 Å². The summed E-state index contributed by atoms with van der Waals surface area (Å²) in [4.78, 5) is 24.3. The lowest BCUT2D eigenvalue weighted by molar-refractivity contribution is -0.127. The number of phenolic OH excluding ortho intramolecular Hbond substituents is 1. The zero-order valence-corrected chi connectivity index (χ0v) is 17.6. The number of cyclic esters (lactones) is 1. The average molecular weight is 407 g/mol. The summed E-state index contributed by atoms with van der Waals surface area (Å²) in [6.07, 6.45) is 7.81. The quantitative estimate of drug-likeness (QED) is 0.374. The van der Waals surface area contributed by atoms with Crippen molar-refractivity contribution in [3.63, 3.8) is 0 Å². The molecule has 2 atom stereocenters. The number of unbranched alkanes of at least 4 members (excludes halogenated alkanes) is 5. The summed E-state index contributed by atoms with van der Waals surface area (Å²) < 4.78 is 10.6. The van der Waals surface area contributed by atoms with Crippen molar-refractivity contribution < 1.29 is 29.3 Å². The molecule has 6 heteroatoms. The molecule has 1 heterocycles. The molecular weight excluding hydrogens is 372 g/mol. The number of fused-ring (bicyclic) bond motifs is 1. The number of Topliss-reactive ketones (excluding diaryl/α,β-unsaturated/α-hetero) is 1. The molecule has 0 radical (unpaired) electrons. The lowest BCUT2D eigenvalue weighted by Crippen LogP contribution is -2.28. The van der Waals surface area contributed by atoms with Crippen molar-refractivity contribution >= 4 is 11.8 Å². The third-order valence-electron chi connectivity index (χ3n) is 5.49. The van der Waals surface area contributed by atoms with E-state index in [9.17, 15) is 19.8 Å². The van der Waals surface area contributed by atoms with Gasteiger partial charge in [-0.25, -0.2) is 4.79 Å². The number of aliphatic hydroxyl groups excluding tert-OH is 1. The van der Waals surface area contributed by atoms with E-state index in [1.807, 2.05) is 0 Å². The third kappa shape index (κ3) is 7.03. The Morgan fingerprint density at radius 3 is 2.69 bits per heavy atom. The summed E-state index contributed by atoms with van der Waals surface area (Å²) in [5, 5.41) is 20.0. The highest BCUT2D eigenvalue weighted by Crippen LogP contribution is 2.33. The normalized spacial score (nSPS) is 16.8. The fourth-order valence-corrected chi connectivity index (χ4v) is 3.77. The van der Waals surface area contributed by atoms with Gasteiger partial charge in [0.15, 0.2) is 5.78 Å². The first-order valence-electron chi connectivity index (χ1n) is 10.8. The molecule has 0 amide bonds. The van der Waals surface area contributed by atoms with Crippen LogP contribution in [0.25, 0.3) is 0 Å². The predicted molar refractivity (Wildman–Crippen MR) is 110 cm³/mol. The van der Waals surface area contributed by atoms with Crippen LogP contribution in [0.4, 0.5) is 0 Å².